The van der Waals surface area contributed by atoms with E-state index in [1.54, 1.807) is 12.4 Å². The molecule has 1 aromatic rings. The first-order chi connectivity index (χ1) is 8.66. The third-order valence-electron chi connectivity index (χ3n) is 4.61. The molecule has 0 amide bonds. The van der Waals surface area contributed by atoms with Crippen LogP contribution in [0.2, 0.25) is 0 Å². The molecule has 0 aliphatic heterocycles. The van der Waals surface area contributed by atoms with Crippen molar-refractivity contribution in [2.75, 3.05) is 5.73 Å². The highest BCUT2D eigenvalue weighted by molar-refractivity contribution is 5.45. The number of hydrogen-bond acceptors (Lipinski definition) is 3. The van der Waals surface area contributed by atoms with Crippen LogP contribution in [0.1, 0.15) is 44.1 Å². The van der Waals surface area contributed by atoms with E-state index in [-0.39, 0.29) is 0 Å². The van der Waals surface area contributed by atoms with E-state index in [0.717, 1.165) is 42.3 Å². The predicted octanol–water partition coefficient (Wildman–Crippen LogP) is 2.54. The van der Waals surface area contributed by atoms with Crippen molar-refractivity contribution in [3.8, 4) is 0 Å². The van der Waals surface area contributed by atoms with Crippen molar-refractivity contribution in [1.29, 1.82) is 0 Å². The summed E-state index contributed by atoms with van der Waals surface area (Å²) >= 11 is 0. The van der Waals surface area contributed by atoms with Gasteiger partial charge in [0.2, 0.25) is 0 Å². The molecule has 2 aliphatic carbocycles. The van der Waals surface area contributed by atoms with Crippen LogP contribution in [-0.2, 0) is 6.42 Å². The fourth-order valence-electron chi connectivity index (χ4n) is 3.46. The van der Waals surface area contributed by atoms with Crippen molar-refractivity contribution in [1.82, 2.24) is 4.98 Å². The molecule has 3 N–H and O–H groups in total. The van der Waals surface area contributed by atoms with E-state index in [9.17, 15) is 5.11 Å². The Morgan fingerprint density at radius 3 is 2.89 bits per heavy atom. The number of aliphatic hydroxyl groups is 1. The summed E-state index contributed by atoms with van der Waals surface area (Å²) in [5.41, 5.74) is 7.15. The minimum absolute atomic E-state index is 0.553. The summed E-state index contributed by atoms with van der Waals surface area (Å²) in [6.45, 7) is 0. The smallest absolute Gasteiger partial charge is 0.0692 e. The maximum absolute atomic E-state index is 10.8. The average molecular weight is 246 g/mol. The first-order valence-electron chi connectivity index (χ1n) is 7.07. The Hall–Kier alpha value is -1.09. The lowest BCUT2D eigenvalue weighted by atomic mass is 9.73. The van der Waals surface area contributed by atoms with Crippen LogP contribution in [0.3, 0.4) is 0 Å². The molecule has 2 aliphatic rings. The molecular weight excluding hydrogens is 224 g/mol. The van der Waals surface area contributed by atoms with Crippen LogP contribution in [0.4, 0.5) is 5.69 Å². The van der Waals surface area contributed by atoms with Gasteiger partial charge in [-0.1, -0.05) is 6.42 Å². The molecule has 2 atom stereocenters. The minimum Gasteiger partial charge on any atom is -0.398 e. The van der Waals surface area contributed by atoms with Crippen molar-refractivity contribution >= 4 is 5.69 Å². The van der Waals surface area contributed by atoms with Gasteiger partial charge >= 0.3 is 0 Å². The second-order valence-corrected chi connectivity index (χ2v) is 6.17. The lowest BCUT2D eigenvalue weighted by Gasteiger charge is -2.37. The van der Waals surface area contributed by atoms with Gasteiger partial charge in [0.1, 0.15) is 0 Å². The van der Waals surface area contributed by atoms with Gasteiger partial charge in [-0.3, -0.25) is 4.98 Å². The molecule has 18 heavy (non-hydrogen) atoms. The Bertz CT molecular complexity index is 430. The summed E-state index contributed by atoms with van der Waals surface area (Å²) in [5, 5.41) is 10.8. The van der Waals surface area contributed by atoms with Gasteiger partial charge in [0.25, 0.3) is 0 Å². The van der Waals surface area contributed by atoms with E-state index >= 15 is 0 Å². The third-order valence-corrected chi connectivity index (χ3v) is 4.61. The van der Waals surface area contributed by atoms with E-state index in [0.29, 0.717) is 6.42 Å². The third kappa shape index (κ3) is 2.51. The fourth-order valence-corrected chi connectivity index (χ4v) is 3.46. The number of pyridine rings is 1. The van der Waals surface area contributed by atoms with Gasteiger partial charge in [-0.25, -0.2) is 0 Å². The molecule has 3 nitrogen and oxygen atoms in total. The molecule has 3 rings (SSSR count). The molecule has 1 heterocycles. The maximum Gasteiger partial charge on any atom is 0.0692 e. The van der Waals surface area contributed by atoms with Crippen LogP contribution in [0, 0.1) is 11.8 Å². The molecule has 0 aromatic carbocycles. The zero-order chi connectivity index (χ0) is 12.6. The zero-order valence-electron chi connectivity index (χ0n) is 10.8. The number of aromatic nitrogens is 1. The van der Waals surface area contributed by atoms with Gasteiger partial charge in [0.15, 0.2) is 0 Å². The molecule has 2 fully saturated rings. The molecular formula is C15H22N2O. The second-order valence-electron chi connectivity index (χ2n) is 6.17. The molecule has 3 heteroatoms. The lowest BCUT2D eigenvalue weighted by Crippen LogP contribution is -2.38. The SMILES string of the molecule is Nc1ccncc1CC1(O)CCCC(C2CC2)C1. The summed E-state index contributed by atoms with van der Waals surface area (Å²) in [6, 6.07) is 1.82. The zero-order valence-corrected chi connectivity index (χ0v) is 10.8. The first kappa shape index (κ1) is 12.0. The van der Waals surface area contributed by atoms with Crippen LogP contribution < -0.4 is 5.73 Å². The molecule has 98 valence electrons. The van der Waals surface area contributed by atoms with Gasteiger partial charge < -0.3 is 10.8 Å². The Kier molecular flexibility index (Phi) is 3.02. The topological polar surface area (TPSA) is 59.1 Å². The van der Waals surface area contributed by atoms with Gasteiger partial charge in [-0.15, -0.1) is 0 Å². The summed E-state index contributed by atoms with van der Waals surface area (Å²) in [5.74, 6) is 1.63. The monoisotopic (exact) mass is 246 g/mol. The van der Waals surface area contributed by atoms with Gasteiger partial charge in [-0.05, 0) is 55.6 Å². The standard InChI is InChI=1S/C15H22N2O/c16-14-5-7-17-10-13(14)9-15(18)6-1-2-12(8-15)11-3-4-11/h5,7,10-12,18H,1-4,6,8-9H2,(H2,16,17). The van der Waals surface area contributed by atoms with Crippen LogP contribution in [0.15, 0.2) is 18.5 Å². The fraction of sp³-hybridized carbons (Fsp3) is 0.667. The Balaban J connectivity index is 1.72. The van der Waals surface area contributed by atoms with E-state index in [1.807, 2.05) is 6.07 Å². The summed E-state index contributed by atoms with van der Waals surface area (Å²) < 4.78 is 0. The summed E-state index contributed by atoms with van der Waals surface area (Å²) in [4.78, 5) is 4.12. The van der Waals surface area contributed by atoms with Crippen LogP contribution in [0.25, 0.3) is 0 Å². The number of hydrogen-bond donors (Lipinski definition) is 2. The lowest BCUT2D eigenvalue weighted by molar-refractivity contribution is -0.0195. The van der Waals surface area contributed by atoms with Crippen molar-refractivity contribution < 1.29 is 5.11 Å². The highest BCUT2D eigenvalue weighted by Gasteiger charge is 2.41. The summed E-state index contributed by atoms with van der Waals surface area (Å²) in [7, 11) is 0. The number of nitrogen functional groups attached to an aromatic ring is 1. The molecule has 1 aromatic heterocycles. The Morgan fingerprint density at radius 2 is 2.17 bits per heavy atom. The second kappa shape index (κ2) is 4.54. The molecule has 0 radical (unpaired) electrons. The summed E-state index contributed by atoms with van der Waals surface area (Å²) in [6.07, 6.45) is 11.2. The number of nitrogens with zero attached hydrogens (tertiary/aromatic N) is 1. The van der Waals surface area contributed by atoms with Gasteiger partial charge in [0.05, 0.1) is 5.60 Å². The largest absolute Gasteiger partial charge is 0.398 e. The Morgan fingerprint density at radius 1 is 1.33 bits per heavy atom. The number of anilines is 1. The number of rotatable bonds is 3. The quantitative estimate of drug-likeness (QED) is 0.861. The van der Waals surface area contributed by atoms with Crippen LogP contribution in [0.5, 0.6) is 0 Å². The van der Waals surface area contributed by atoms with Gasteiger partial charge in [0, 0.05) is 24.5 Å². The first-order valence-corrected chi connectivity index (χ1v) is 7.07. The van der Waals surface area contributed by atoms with Crippen LogP contribution >= 0.6 is 0 Å². The number of nitrogens with two attached hydrogens (primary N) is 1. The average Bonchev–Trinajstić information content (AvgIpc) is 3.16. The predicted molar refractivity (Wildman–Crippen MR) is 72.0 cm³/mol. The molecule has 2 saturated carbocycles. The molecule has 0 spiro atoms. The highest BCUT2D eigenvalue weighted by atomic mass is 16.3. The van der Waals surface area contributed by atoms with Crippen LogP contribution in [-0.4, -0.2) is 15.7 Å². The van der Waals surface area contributed by atoms with Gasteiger partial charge in [-0.2, -0.15) is 0 Å². The highest BCUT2D eigenvalue weighted by Crippen LogP contribution is 2.47. The van der Waals surface area contributed by atoms with E-state index in [4.69, 9.17) is 5.73 Å². The van der Waals surface area contributed by atoms with E-state index in [1.165, 1.54) is 19.3 Å². The molecule has 0 bridgehead atoms. The van der Waals surface area contributed by atoms with Crippen molar-refractivity contribution in [3.05, 3.63) is 24.0 Å². The normalized spacial score (nSPS) is 32.4. The molecule has 0 saturated heterocycles. The van der Waals surface area contributed by atoms with E-state index in [2.05, 4.69) is 4.98 Å². The maximum atomic E-state index is 10.8. The van der Waals surface area contributed by atoms with Crippen molar-refractivity contribution in [2.45, 2.75) is 50.5 Å². The van der Waals surface area contributed by atoms with Crippen molar-refractivity contribution in [3.63, 3.8) is 0 Å². The van der Waals surface area contributed by atoms with Crippen molar-refractivity contribution in [2.24, 2.45) is 11.8 Å². The molecule has 2 unspecified atom stereocenters. The minimum atomic E-state index is -0.553. The Labute approximate surface area is 108 Å². The van der Waals surface area contributed by atoms with E-state index < -0.39 is 5.60 Å².